The maximum Gasteiger partial charge on any atom is 0.252 e. The topological polar surface area (TPSA) is 48.5 Å². The molecule has 0 bridgehead atoms. The van der Waals surface area contributed by atoms with Crippen molar-refractivity contribution < 1.29 is 9.18 Å². The summed E-state index contributed by atoms with van der Waals surface area (Å²) in [5.41, 5.74) is 1.11. The Morgan fingerprint density at radius 3 is 2.68 bits per heavy atom. The predicted octanol–water partition coefficient (Wildman–Crippen LogP) is 3.75. The van der Waals surface area contributed by atoms with Crippen LogP contribution in [0.2, 0.25) is 0 Å². The average Bonchev–Trinajstić information content (AvgIpc) is 3.14. The van der Waals surface area contributed by atoms with Crippen molar-refractivity contribution in [2.75, 3.05) is 44.2 Å². The zero-order valence-corrected chi connectivity index (χ0v) is 17.6. The summed E-state index contributed by atoms with van der Waals surface area (Å²) in [6.07, 6.45) is 0. The van der Waals surface area contributed by atoms with Crippen LogP contribution in [-0.2, 0) is 0 Å². The van der Waals surface area contributed by atoms with E-state index in [0.717, 1.165) is 47.0 Å². The average molecular weight is 463 g/mol. The molecule has 1 aromatic heterocycles. The van der Waals surface area contributed by atoms with Crippen LogP contribution < -0.4 is 10.2 Å². The molecule has 146 valence electrons. The standard InChI is InChI=1S/C20H20BrFN4OS/c21-15-5-2-1-4-14(15)19(27)23-8-9-25-10-12-26(13-11-25)20-24-18-16(22)6-3-7-17(18)28-20/h1-7H,8-13H2,(H,23,27). The summed E-state index contributed by atoms with van der Waals surface area (Å²) in [4.78, 5) is 21.3. The molecule has 8 heteroatoms. The van der Waals surface area contributed by atoms with Crippen LogP contribution in [-0.4, -0.2) is 55.1 Å². The number of nitrogens with one attached hydrogen (secondary N) is 1. The number of halogens is 2. The van der Waals surface area contributed by atoms with Crippen LogP contribution in [0.1, 0.15) is 10.4 Å². The number of carbonyl (C=O) groups is 1. The van der Waals surface area contributed by atoms with E-state index < -0.39 is 0 Å². The minimum atomic E-state index is -0.264. The Labute approximate surface area is 175 Å². The van der Waals surface area contributed by atoms with Gasteiger partial charge in [0.05, 0.1) is 10.3 Å². The maximum absolute atomic E-state index is 13.9. The number of piperazine rings is 1. The van der Waals surface area contributed by atoms with E-state index >= 15 is 0 Å². The number of anilines is 1. The molecule has 2 aromatic carbocycles. The number of benzene rings is 2. The second-order valence-corrected chi connectivity index (χ2v) is 8.51. The largest absolute Gasteiger partial charge is 0.351 e. The number of fused-ring (bicyclic) bond motifs is 1. The smallest absolute Gasteiger partial charge is 0.252 e. The number of rotatable bonds is 5. The third-order valence-corrected chi connectivity index (χ3v) is 6.61. The first-order chi connectivity index (χ1) is 13.6. The lowest BCUT2D eigenvalue weighted by Gasteiger charge is -2.34. The quantitative estimate of drug-likeness (QED) is 0.627. The summed E-state index contributed by atoms with van der Waals surface area (Å²) in [5.74, 6) is -0.331. The summed E-state index contributed by atoms with van der Waals surface area (Å²) < 4.78 is 15.5. The van der Waals surface area contributed by atoms with Gasteiger partial charge in [-0.2, -0.15) is 0 Å². The molecule has 0 aliphatic carbocycles. The number of para-hydroxylation sites is 1. The number of carbonyl (C=O) groups excluding carboxylic acids is 1. The van der Waals surface area contributed by atoms with Crippen LogP contribution in [0.3, 0.4) is 0 Å². The molecule has 1 amide bonds. The highest BCUT2D eigenvalue weighted by Crippen LogP contribution is 2.30. The first kappa shape index (κ1) is 19.3. The Morgan fingerprint density at radius 2 is 1.93 bits per heavy atom. The normalized spacial score (nSPS) is 15.1. The summed E-state index contributed by atoms with van der Waals surface area (Å²) in [6.45, 7) is 4.89. The van der Waals surface area contributed by atoms with Crippen molar-refractivity contribution in [1.29, 1.82) is 0 Å². The predicted molar refractivity (Wildman–Crippen MR) is 115 cm³/mol. The summed E-state index contributed by atoms with van der Waals surface area (Å²) in [7, 11) is 0. The van der Waals surface area contributed by atoms with E-state index in [1.807, 2.05) is 24.3 Å². The lowest BCUT2D eigenvalue weighted by Crippen LogP contribution is -2.48. The van der Waals surface area contributed by atoms with Crippen molar-refractivity contribution in [1.82, 2.24) is 15.2 Å². The lowest BCUT2D eigenvalue weighted by atomic mass is 10.2. The molecule has 2 heterocycles. The van der Waals surface area contributed by atoms with E-state index in [-0.39, 0.29) is 11.7 Å². The number of hydrogen-bond acceptors (Lipinski definition) is 5. The van der Waals surface area contributed by atoms with Gasteiger partial charge in [0.2, 0.25) is 0 Å². The molecule has 1 N–H and O–H groups in total. The van der Waals surface area contributed by atoms with Gasteiger partial charge in [-0.25, -0.2) is 9.37 Å². The summed E-state index contributed by atoms with van der Waals surface area (Å²) in [5, 5.41) is 3.85. The molecule has 0 spiro atoms. The van der Waals surface area contributed by atoms with Crippen LogP contribution in [0.4, 0.5) is 9.52 Å². The summed E-state index contributed by atoms with van der Waals surface area (Å²) in [6, 6.07) is 12.5. The van der Waals surface area contributed by atoms with Gasteiger partial charge in [-0.15, -0.1) is 0 Å². The van der Waals surface area contributed by atoms with E-state index in [1.54, 1.807) is 12.1 Å². The third kappa shape index (κ3) is 4.19. The SMILES string of the molecule is O=C(NCCN1CCN(c2nc3c(F)cccc3s2)CC1)c1ccccc1Br. The van der Waals surface area contributed by atoms with Gasteiger partial charge in [0.15, 0.2) is 5.13 Å². The van der Waals surface area contributed by atoms with E-state index in [9.17, 15) is 9.18 Å². The molecule has 3 aromatic rings. The number of hydrogen-bond donors (Lipinski definition) is 1. The molecular weight excluding hydrogens is 443 g/mol. The zero-order valence-electron chi connectivity index (χ0n) is 15.2. The van der Waals surface area contributed by atoms with Crippen molar-refractivity contribution in [2.24, 2.45) is 0 Å². The molecule has 1 saturated heterocycles. The molecule has 5 nitrogen and oxygen atoms in total. The summed E-state index contributed by atoms with van der Waals surface area (Å²) >= 11 is 4.94. The van der Waals surface area contributed by atoms with Gasteiger partial charge in [-0.1, -0.05) is 29.5 Å². The minimum Gasteiger partial charge on any atom is -0.351 e. The van der Waals surface area contributed by atoms with Gasteiger partial charge in [0.25, 0.3) is 5.91 Å². The molecule has 4 rings (SSSR count). The van der Waals surface area contributed by atoms with Crippen LogP contribution in [0.25, 0.3) is 10.2 Å². The number of nitrogens with zero attached hydrogens (tertiary/aromatic N) is 3. The minimum absolute atomic E-state index is 0.0670. The fraction of sp³-hybridized carbons (Fsp3) is 0.300. The van der Waals surface area contributed by atoms with Crippen molar-refractivity contribution in [3.8, 4) is 0 Å². The zero-order chi connectivity index (χ0) is 19.5. The molecular formula is C20H20BrFN4OS. The fourth-order valence-corrected chi connectivity index (χ4v) is 4.77. The van der Waals surface area contributed by atoms with Crippen LogP contribution in [0, 0.1) is 5.82 Å². The maximum atomic E-state index is 13.9. The van der Waals surface area contributed by atoms with Gasteiger partial charge in [-0.05, 0) is 40.2 Å². The van der Waals surface area contributed by atoms with E-state index in [4.69, 9.17) is 0 Å². The monoisotopic (exact) mass is 462 g/mol. The Hall–Kier alpha value is -2.03. The Kier molecular flexibility index (Phi) is 5.89. The van der Waals surface area contributed by atoms with Crippen LogP contribution in [0.5, 0.6) is 0 Å². The van der Waals surface area contributed by atoms with Gasteiger partial charge < -0.3 is 10.2 Å². The highest BCUT2D eigenvalue weighted by Gasteiger charge is 2.20. The van der Waals surface area contributed by atoms with Crippen molar-refractivity contribution in [3.05, 3.63) is 58.3 Å². The molecule has 0 radical (unpaired) electrons. The highest BCUT2D eigenvalue weighted by atomic mass is 79.9. The first-order valence-corrected chi connectivity index (χ1v) is 10.8. The van der Waals surface area contributed by atoms with Gasteiger partial charge in [0, 0.05) is 43.7 Å². The Bertz CT molecular complexity index is 987. The number of thiazole rings is 1. The molecule has 1 aliphatic heterocycles. The van der Waals surface area contributed by atoms with Crippen LogP contribution in [0.15, 0.2) is 46.9 Å². The van der Waals surface area contributed by atoms with Gasteiger partial charge >= 0.3 is 0 Å². The van der Waals surface area contributed by atoms with Crippen LogP contribution >= 0.6 is 27.3 Å². The molecule has 28 heavy (non-hydrogen) atoms. The number of amides is 1. The van der Waals surface area contributed by atoms with E-state index in [2.05, 4.69) is 36.0 Å². The highest BCUT2D eigenvalue weighted by molar-refractivity contribution is 9.10. The fourth-order valence-electron chi connectivity index (χ4n) is 3.27. The Morgan fingerprint density at radius 1 is 1.14 bits per heavy atom. The van der Waals surface area contributed by atoms with E-state index in [0.29, 0.717) is 17.6 Å². The molecule has 0 unspecified atom stereocenters. The lowest BCUT2D eigenvalue weighted by molar-refractivity contribution is 0.0947. The molecule has 1 aliphatic rings. The molecule has 1 fully saturated rings. The van der Waals surface area contributed by atoms with Gasteiger partial charge in [-0.3, -0.25) is 9.69 Å². The van der Waals surface area contributed by atoms with Crippen molar-refractivity contribution in [2.45, 2.75) is 0 Å². The van der Waals surface area contributed by atoms with Crippen molar-refractivity contribution in [3.63, 3.8) is 0 Å². The first-order valence-electron chi connectivity index (χ1n) is 9.17. The molecule has 0 saturated carbocycles. The molecule has 0 atom stereocenters. The second-order valence-electron chi connectivity index (χ2n) is 6.65. The number of aromatic nitrogens is 1. The third-order valence-electron chi connectivity index (χ3n) is 4.83. The second kappa shape index (κ2) is 8.55. The van der Waals surface area contributed by atoms with Gasteiger partial charge in [0.1, 0.15) is 11.3 Å². The van der Waals surface area contributed by atoms with Crippen molar-refractivity contribution >= 4 is 48.5 Å². The van der Waals surface area contributed by atoms with E-state index in [1.165, 1.54) is 17.4 Å². The Balaban J connectivity index is 1.27.